The number of thiocarbonyl (C=S) groups is 1. The van der Waals surface area contributed by atoms with Gasteiger partial charge in [-0.15, -0.1) is 0 Å². The number of halogens is 4. The second-order valence-electron chi connectivity index (χ2n) is 5.85. The Balaban J connectivity index is 2.22. The van der Waals surface area contributed by atoms with Crippen LogP contribution in [0.3, 0.4) is 0 Å². The Kier molecular flexibility index (Phi) is 6.11. The molecule has 1 saturated heterocycles. The van der Waals surface area contributed by atoms with Gasteiger partial charge in [0.1, 0.15) is 4.32 Å². The first-order valence-corrected chi connectivity index (χ1v) is 9.62. The molecule has 1 aliphatic heterocycles. The van der Waals surface area contributed by atoms with Crippen LogP contribution in [0.5, 0.6) is 11.5 Å². The third-order valence-electron chi connectivity index (χ3n) is 4.02. The highest BCUT2D eigenvalue weighted by atomic mass is 35.5. The Morgan fingerprint density at radius 3 is 2.41 bits per heavy atom. The zero-order valence-electron chi connectivity index (χ0n) is 15.0. The maximum atomic E-state index is 13.2. The minimum atomic E-state index is -4.54. The summed E-state index contributed by atoms with van der Waals surface area (Å²) >= 11 is 12.3. The summed E-state index contributed by atoms with van der Waals surface area (Å²) in [5.41, 5.74) is 0.0722. The topological polar surface area (TPSA) is 47.6 Å². The normalized spacial score (nSPS) is 15.6. The highest BCUT2D eigenvalue weighted by Gasteiger charge is 2.31. The average molecular weight is 460 g/mol. The number of methoxy groups -OCH3 is 2. The van der Waals surface area contributed by atoms with Crippen LogP contribution in [0.1, 0.15) is 11.1 Å². The summed E-state index contributed by atoms with van der Waals surface area (Å²) in [6.07, 6.45) is -2.98. The van der Waals surface area contributed by atoms with Crippen LogP contribution < -0.4 is 14.8 Å². The molecule has 29 heavy (non-hydrogen) atoms. The van der Waals surface area contributed by atoms with Gasteiger partial charge in [-0.05, 0) is 42.0 Å². The van der Waals surface area contributed by atoms with Gasteiger partial charge in [-0.25, -0.2) is 0 Å². The van der Waals surface area contributed by atoms with Crippen LogP contribution in [0.15, 0.2) is 35.2 Å². The Bertz CT molecular complexity index is 1040. The molecule has 2 aromatic carbocycles. The first kappa shape index (κ1) is 21.5. The van der Waals surface area contributed by atoms with Gasteiger partial charge < -0.3 is 14.8 Å². The molecule has 2 aromatic rings. The van der Waals surface area contributed by atoms with E-state index in [0.29, 0.717) is 20.4 Å². The van der Waals surface area contributed by atoms with Gasteiger partial charge in [0.25, 0.3) is 5.91 Å². The quantitative estimate of drug-likeness (QED) is 0.481. The van der Waals surface area contributed by atoms with E-state index in [0.717, 1.165) is 23.9 Å². The summed E-state index contributed by atoms with van der Waals surface area (Å²) in [5, 5.41) is 2.61. The first-order valence-electron chi connectivity index (χ1n) is 8.02. The molecule has 1 amide bonds. The summed E-state index contributed by atoms with van der Waals surface area (Å²) < 4.78 is 50.6. The Morgan fingerprint density at radius 2 is 1.86 bits per heavy atom. The van der Waals surface area contributed by atoms with Crippen molar-refractivity contribution < 1.29 is 27.4 Å². The summed E-state index contributed by atoms with van der Waals surface area (Å²) in [5.74, 6) is 0.139. The molecule has 1 N–H and O–H groups in total. The number of benzene rings is 2. The molecule has 0 radical (unpaired) electrons. The van der Waals surface area contributed by atoms with Crippen LogP contribution in [0.2, 0.25) is 5.02 Å². The van der Waals surface area contributed by atoms with Crippen molar-refractivity contribution in [1.82, 2.24) is 5.32 Å². The van der Waals surface area contributed by atoms with Gasteiger partial charge in [-0.3, -0.25) is 4.79 Å². The monoisotopic (exact) mass is 459 g/mol. The van der Waals surface area contributed by atoms with Gasteiger partial charge in [0.15, 0.2) is 11.5 Å². The Morgan fingerprint density at radius 1 is 1.14 bits per heavy atom. The highest BCUT2D eigenvalue weighted by molar-refractivity contribution is 8.26. The predicted molar refractivity (Wildman–Crippen MR) is 111 cm³/mol. The van der Waals surface area contributed by atoms with Crippen LogP contribution in [-0.4, -0.2) is 24.4 Å². The number of thioether (sulfide) groups is 1. The Labute approximate surface area is 179 Å². The molecule has 152 valence electrons. The molecule has 10 heteroatoms. The summed E-state index contributed by atoms with van der Waals surface area (Å²) in [7, 11) is 2.78. The number of carbonyl (C=O) groups excluding carboxylic acids is 1. The fourth-order valence-corrected chi connectivity index (χ4v) is 4.01. The number of ether oxygens (including phenoxy) is 2. The van der Waals surface area contributed by atoms with Gasteiger partial charge in [-0.1, -0.05) is 35.6 Å². The molecule has 3 rings (SSSR count). The largest absolute Gasteiger partial charge is 0.493 e. The molecule has 0 bridgehead atoms. The predicted octanol–water partition coefficient (Wildman–Crippen LogP) is 5.53. The van der Waals surface area contributed by atoms with E-state index in [2.05, 4.69) is 5.32 Å². The van der Waals surface area contributed by atoms with Crippen molar-refractivity contribution in [2.45, 2.75) is 6.18 Å². The molecule has 0 aromatic heterocycles. The zero-order chi connectivity index (χ0) is 21.3. The molecule has 1 heterocycles. The van der Waals surface area contributed by atoms with Gasteiger partial charge in [0.05, 0.1) is 24.7 Å². The standard InChI is InChI=1S/C19H13ClF3NO3S2/c1-26-14-6-9(7-15-17(25)24-18(28)29-15)5-12(16(14)27-2)11-8-10(19(21,22)23)3-4-13(11)20/h3-8H,1-2H3,(H,24,25,28)/b15-7-. The number of amides is 1. The number of alkyl halides is 3. The van der Waals surface area contributed by atoms with Crippen LogP contribution in [0.25, 0.3) is 17.2 Å². The van der Waals surface area contributed by atoms with Crippen molar-refractivity contribution in [2.75, 3.05) is 14.2 Å². The van der Waals surface area contributed by atoms with E-state index in [-0.39, 0.29) is 28.0 Å². The highest BCUT2D eigenvalue weighted by Crippen LogP contribution is 2.44. The van der Waals surface area contributed by atoms with Crippen molar-refractivity contribution in [3.05, 3.63) is 51.4 Å². The lowest BCUT2D eigenvalue weighted by molar-refractivity contribution is -0.137. The first-order chi connectivity index (χ1) is 13.6. The third-order valence-corrected chi connectivity index (χ3v) is 5.52. The number of nitrogens with one attached hydrogen (secondary N) is 1. The minimum Gasteiger partial charge on any atom is -0.493 e. The lowest BCUT2D eigenvalue weighted by Crippen LogP contribution is -2.17. The van der Waals surface area contributed by atoms with Gasteiger partial charge >= 0.3 is 6.18 Å². The molecule has 0 atom stereocenters. The molecule has 1 aliphatic rings. The number of hydrogen-bond acceptors (Lipinski definition) is 5. The van der Waals surface area contributed by atoms with Crippen molar-refractivity contribution >= 4 is 51.9 Å². The van der Waals surface area contributed by atoms with Crippen LogP contribution >= 0.6 is 35.6 Å². The maximum Gasteiger partial charge on any atom is 0.416 e. The second-order valence-corrected chi connectivity index (χ2v) is 7.97. The molecule has 0 aliphatic carbocycles. The van der Waals surface area contributed by atoms with E-state index in [4.69, 9.17) is 33.3 Å². The summed E-state index contributed by atoms with van der Waals surface area (Å²) in [6.45, 7) is 0. The molecular formula is C19H13ClF3NO3S2. The van der Waals surface area contributed by atoms with Gasteiger partial charge in [-0.2, -0.15) is 13.2 Å². The molecule has 0 unspecified atom stereocenters. The smallest absolute Gasteiger partial charge is 0.416 e. The van der Waals surface area contributed by atoms with Gasteiger partial charge in [0, 0.05) is 16.1 Å². The van der Waals surface area contributed by atoms with E-state index in [9.17, 15) is 18.0 Å². The molecular weight excluding hydrogens is 447 g/mol. The fourth-order valence-electron chi connectivity index (χ4n) is 2.75. The minimum absolute atomic E-state index is 0.109. The van der Waals surface area contributed by atoms with E-state index >= 15 is 0 Å². The lowest BCUT2D eigenvalue weighted by Gasteiger charge is -2.17. The molecule has 4 nitrogen and oxygen atoms in total. The molecule has 1 fully saturated rings. The van der Waals surface area contributed by atoms with Gasteiger partial charge in [0.2, 0.25) is 0 Å². The fraction of sp³-hybridized carbons (Fsp3) is 0.158. The zero-order valence-corrected chi connectivity index (χ0v) is 17.4. The van der Waals surface area contributed by atoms with E-state index < -0.39 is 11.7 Å². The second kappa shape index (κ2) is 8.25. The van der Waals surface area contributed by atoms with Crippen LogP contribution in [0, 0.1) is 0 Å². The van der Waals surface area contributed by atoms with E-state index in [1.165, 1.54) is 20.3 Å². The maximum absolute atomic E-state index is 13.2. The summed E-state index contributed by atoms with van der Waals surface area (Å²) in [4.78, 5) is 12.3. The SMILES string of the molecule is COc1cc(/C=C2\SC(=S)NC2=O)cc(-c2cc(C(F)(F)F)ccc2Cl)c1OC. The molecule has 0 saturated carbocycles. The van der Waals surface area contributed by atoms with Crippen LogP contribution in [-0.2, 0) is 11.0 Å². The van der Waals surface area contributed by atoms with Crippen molar-refractivity contribution in [2.24, 2.45) is 0 Å². The average Bonchev–Trinajstić information content (AvgIpc) is 2.97. The van der Waals surface area contributed by atoms with E-state index in [1.807, 2.05) is 0 Å². The van der Waals surface area contributed by atoms with Crippen molar-refractivity contribution in [3.8, 4) is 22.6 Å². The van der Waals surface area contributed by atoms with Crippen LogP contribution in [0.4, 0.5) is 13.2 Å². The number of hydrogen-bond donors (Lipinski definition) is 1. The van der Waals surface area contributed by atoms with Crippen molar-refractivity contribution in [3.63, 3.8) is 0 Å². The lowest BCUT2D eigenvalue weighted by atomic mass is 9.98. The Hall–Kier alpha value is -2.23. The summed E-state index contributed by atoms with van der Waals surface area (Å²) in [6, 6.07) is 6.21. The van der Waals surface area contributed by atoms with E-state index in [1.54, 1.807) is 18.2 Å². The number of rotatable bonds is 4. The number of carbonyl (C=O) groups is 1. The molecule has 0 spiro atoms. The van der Waals surface area contributed by atoms with Crippen molar-refractivity contribution in [1.29, 1.82) is 0 Å². The third kappa shape index (κ3) is 4.52.